The Labute approximate surface area is 119 Å². The molecule has 0 aromatic rings. The van der Waals surface area contributed by atoms with Crippen LogP contribution in [0.3, 0.4) is 0 Å². The van der Waals surface area contributed by atoms with Crippen molar-refractivity contribution < 1.29 is 15.0 Å². The summed E-state index contributed by atoms with van der Waals surface area (Å²) in [6, 6.07) is -0.687. The summed E-state index contributed by atoms with van der Waals surface area (Å²) in [6.07, 6.45) is 4.27. The largest absolute Gasteiger partial charge is 0.393 e. The van der Waals surface area contributed by atoms with Gasteiger partial charge >= 0.3 is 0 Å². The van der Waals surface area contributed by atoms with Crippen LogP contribution in [0, 0.1) is 5.92 Å². The van der Waals surface area contributed by atoms with Gasteiger partial charge in [0.1, 0.15) is 6.10 Å². The van der Waals surface area contributed by atoms with E-state index in [0.717, 1.165) is 38.5 Å². The molecule has 0 saturated heterocycles. The van der Waals surface area contributed by atoms with E-state index >= 15 is 0 Å². The first kappa shape index (κ1) is 17.0. The molecule has 0 radical (unpaired) electrons. The Morgan fingerprint density at radius 2 is 2.15 bits per heavy atom. The maximum absolute atomic E-state index is 12.1. The molecule has 6 nitrogen and oxygen atoms in total. The van der Waals surface area contributed by atoms with Crippen LogP contribution in [0.2, 0.25) is 0 Å². The number of carbonyl (C=O) groups excluding carboxylic acids is 1. The molecular formula is C14H25N3O3. The third-order valence-corrected chi connectivity index (χ3v) is 4.08. The topological polar surface area (TPSA) is 106 Å². The summed E-state index contributed by atoms with van der Waals surface area (Å²) in [4.78, 5) is 14.8. The SMILES string of the molecule is CCCC[C@H](N=[N+]=[N-])[C@H](O)C(=O)C[C@H]1CCCC[C@@H]1O. The van der Waals surface area contributed by atoms with Gasteiger partial charge in [-0.25, -0.2) is 0 Å². The van der Waals surface area contributed by atoms with Crippen molar-refractivity contribution in [3.05, 3.63) is 10.4 Å². The lowest BCUT2D eigenvalue weighted by Crippen LogP contribution is -2.36. The number of unbranched alkanes of at least 4 members (excludes halogenated alkanes) is 1. The molecule has 2 N–H and O–H groups in total. The maximum atomic E-state index is 12.1. The highest BCUT2D eigenvalue weighted by Gasteiger charge is 2.30. The molecule has 0 aromatic heterocycles. The molecule has 0 amide bonds. The third-order valence-electron chi connectivity index (χ3n) is 4.08. The standard InChI is InChI=1S/C14H25N3O3/c1-2-3-7-11(16-17-15)14(20)13(19)9-10-6-4-5-8-12(10)18/h10-12,14,18,20H,2-9H2,1H3/t10-,11+,12+,14+/m1/s1. The highest BCUT2D eigenvalue weighted by atomic mass is 16.3. The van der Waals surface area contributed by atoms with Gasteiger partial charge in [0.2, 0.25) is 0 Å². The molecule has 1 aliphatic carbocycles. The minimum Gasteiger partial charge on any atom is -0.393 e. The number of carbonyl (C=O) groups is 1. The van der Waals surface area contributed by atoms with Crippen LogP contribution < -0.4 is 0 Å². The fourth-order valence-electron chi connectivity index (χ4n) is 2.78. The normalized spacial score (nSPS) is 25.6. The number of aliphatic hydroxyl groups is 2. The van der Waals surface area contributed by atoms with Gasteiger partial charge in [-0.05, 0) is 30.7 Å². The molecule has 0 unspecified atom stereocenters. The molecular weight excluding hydrogens is 258 g/mol. The monoisotopic (exact) mass is 283 g/mol. The summed E-state index contributed by atoms with van der Waals surface area (Å²) in [5, 5.41) is 23.5. The van der Waals surface area contributed by atoms with Crippen LogP contribution in [-0.2, 0) is 4.79 Å². The molecule has 0 aliphatic heterocycles. The molecule has 4 atom stereocenters. The van der Waals surface area contributed by atoms with Crippen molar-refractivity contribution in [3.63, 3.8) is 0 Å². The van der Waals surface area contributed by atoms with E-state index in [1.807, 2.05) is 6.92 Å². The molecule has 6 heteroatoms. The van der Waals surface area contributed by atoms with Crippen LogP contribution in [0.25, 0.3) is 10.4 Å². The van der Waals surface area contributed by atoms with Crippen LogP contribution in [0.4, 0.5) is 0 Å². The fourth-order valence-corrected chi connectivity index (χ4v) is 2.78. The minimum atomic E-state index is -1.24. The number of hydrogen-bond acceptors (Lipinski definition) is 4. The number of nitrogens with zero attached hydrogens (tertiary/aromatic N) is 3. The zero-order valence-electron chi connectivity index (χ0n) is 12.1. The van der Waals surface area contributed by atoms with Gasteiger partial charge in [-0.2, -0.15) is 0 Å². The Morgan fingerprint density at radius 3 is 2.75 bits per heavy atom. The first-order valence-corrected chi connectivity index (χ1v) is 7.53. The maximum Gasteiger partial charge on any atom is 0.162 e. The van der Waals surface area contributed by atoms with E-state index < -0.39 is 18.2 Å². The van der Waals surface area contributed by atoms with Gasteiger partial charge in [0, 0.05) is 11.3 Å². The van der Waals surface area contributed by atoms with Crippen molar-refractivity contribution in [2.75, 3.05) is 0 Å². The number of Topliss-reactive ketones (excluding diaryl/α,β-unsaturated/α-hetero) is 1. The van der Waals surface area contributed by atoms with Crippen molar-refractivity contribution in [2.45, 2.75) is 76.5 Å². The van der Waals surface area contributed by atoms with Crippen molar-refractivity contribution in [1.82, 2.24) is 0 Å². The summed E-state index contributed by atoms with van der Waals surface area (Å²) in [6.45, 7) is 2.00. The lowest BCUT2D eigenvalue weighted by molar-refractivity contribution is -0.130. The Hall–Kier alpha value is -1.10. The van der Waals surface area contributed by atoms with E-state index in [9.17, 15) is 15.0 Å². The first-order chi connectivity index (χ1) is 9.60. The smallest absolute Gasteiger partial charge is 0.162 e. The van der Waals surface area contributed by atoms with Crippen molar-refractivity contribution >= 4 is 5.78 Å². The summed E-state index contributed by atoms with van der Waals surface area (Å²) >= 11 is 0. The van der Waals surface area contributed by atoms with Gasteiger partial charge in [-0.15, -0.1) is 0 Å². The summed E-state index contributed by atoms with van der Waals surface area (Å²) in [5.41, 5.74) is 8.53. The average Bonchev–Trinajstić information content (AvgIpc) is 2.45. The summed E-state index contributed by atoms with van der Waals surface area (Å²) in [5.74, 6) is -0.381. The zero-order chi connectivity index (χ0) is 15.0. The van der Waals surface area contributed by atoms with Crippen LogP contribution in [0.5, 0.6) is 0 Å². The lowest BCUT2D eigenvalue weighted by atomic mass is 9.82. The molecule has 0 spiro atoms. The molecule has 20 heavy (non-hydrogen) atoms. The van der Waals surface area contributed by atoms with Crippen LogP contribution >= 0.6 is 0 Å². The van der Waals surface area contributed by atoms with Gasteiger partial charge in [0.15, 0.2) is 5.78 Å². The van der Waals surface area contributed by atoms with E-state index in [2.05, 4.69) is 10.0 Å². The van der Waals surface area contributed by atoms with Gasteiger partial charge in [0.25, 0.3) is 0 Å². The minimum absolute atomic E-state index is 0.0659. The second-order valence-electron chi connectivity index (χ2n) is 5.64. The van der Waals surface area contributed by atoms with Gasteiger partial charge in [0.05, 0.1) is 12.1 Å². The third kappa shape index (κ3) is 5.12. The Bertz CT molecular complexity index is 356. The van der Waals surface area contributed by atoms with Crippen molar-refractivity contribution in [1.29, 1.82) is 0 Å². The Kier molecular flexibility index (Phi) is 7.59. The van der Waals surface area contributed by atoms with E-state index in [0.29, 0.717) is 6.42 Å². The number of ketones is 1. The summed E-state index contributed by atoms with van der Waals surface area (Å²) in [7, 11) is 0. The van der Waals surface area contributed by atoms with Gasteiger partial charge < -0.3 is 10.2 Å². The summed E-state index contributed by atoms with van der Waals surface area (Å²) < 4.78 is 0. The van der Waals surface area contributed by atoms with E-state index in [1.54, 1.807) is 0 Å². The van der Waals surface area contributed by atoms with E-state index in [4.69, 9.17) is 5.53 Å². The predicted molar refractivity (Wildman–Crippen MR) is 76.1 cm³/mol. The van der Waals surface area contributed by atoms with Gasteiger partial charge in [-0.3, -0.25) is 4.79 Å². The molecule has 0 heterocycles. The quantitative estimate of drug-likeness (QED) is 0.406. The zero-order valence-corrected chi connectivity index (χ0v) is 12.1. The van der Waals surface area contributed by atoms with Crippen LogP contribution in [-0.4, -0.2) is 34.2 Å². The molecule has 0 aromatic carbocycles. The average molecular weight is 283 g/mol. The second kappa shape index (κ2) is 8.95. The van der Waals surface area contributed by atoms with Gasteiger partial charge in [-0.1, -0.05) is 37.7 Å². The number of hydrogen-bond donors (Lipinski definition) is 2. The van der Waals surface area contributed by atoms with Crippen molar-refractivity contribution in [2.24, 2.45) is 11.0 Å². The Morgan fingerprint density at radius 1 is 1.45 bits per heavy atom. The molecule has 0 bridgehead atoms. The van der Waals surface area contributed by atoms with E-state index in [-0.39, 0.29) is 18.1 Å². The number of azide groups is 1. The number of rotatable bonds is 8. The highest BCUT2D eigenvalue weighted by molar-refractivity contribution is 5.83. The second-order valence-corrected chi connectivity index (χ2v) is 5.64. The van der Waals surface area contributed by atoms with E-state index in [1.165, 1.54) is 0 Å². The molecule has 1 aliphatic rings. The molecule has 1 rings (SSSR count). The highest BCUT2D eigenvalue weighted by Crippen LogP contribution is 2.28. The van der Waals surface area contributed by atoms with Crippen LogP contribution in [0.1, 0.15) is 58.3 Å². The molecule has 1 saturated carbocycles. The van der Waals surface area contributed by atoms with Crippen LogP contribution in [0.15, 0.2) is 5.11 Å². The molecule has 114 valence electrons. The molecule has 1 fully saturated rings. The first-order valence-electron chi connectivity index (χ1n) is 7.53. The van der Waals surface area contributed by atoms with Crippen molar-refractivity contribution in [3.8, 4) is 0 Å². The lowest BCUT2D eigenvalue weighted by Gasteiger charge is -2.28. The predicted octanol–water partition coefficient (Wildman–Crippen LogP) is 2.73. The number of aliphatic hydroxyl groups excluding tert-OH is 2. The Balaban J connectivity index is 2.56. The fraction of sp³-hybridized carbons (Fsp3) is 0.929.